The van der Waals surface area contributed by atoms with Crippen molar-refractivity contribution in [2.45, 2.75) is 25.9 Å². The van der Waals surface area contributed by atoms with E-state index in [1.54, 1.807) is 18.2 Å². The second kappa shape index (κ2) is 5.92. The SMILES string of the molecule is C=Cc1c(C)cccc1C(=O)N1CCCC(C(F)(F)F)C1. The molecule has 5 heteroatoms. The van der Waals surface area contributed by atoms with Gasteiger partial charge in [-0.2, -0.15) is 13.2 Å². The van der Waals surface area contributed by atoms with E-state index in [4.69, 9.17) is 0 Å². The van der Waals surface area contributed by atoms with Crippen molar-refractivity contribution in [1.82, 2.24) is 4.90 Å². The van der Waals surface area contributed by atoms with Gasteiger partial charge in [-0.3, -0.25) is 4.79 Å². The van der Waals surface area contributed by atoms with Crippen molar-refractivity contribution in [2.75, 3.05) is 13.1 Å². The second-order valence-corrected chi connectivity index (χ2v) is 5.37. The first-order valence-corrected chi connectivity index (χ1v) is 6.92. The third-order valence-electron chi connectivity index (χ3n) is 3.93. The molecule has 0 radical (unpaired) electrons. The van der Waals surface area contributed by atoms with Crippen molar-refractivity contribution >= 4 is 12.0 Å². The van der Waals surface area contributed by atoms with Crippen LogP contribution in [0.25, 0.3) is 6.08 Å². The molecule has 0 bridgehead atoms. The molecule has 0 spiro atoms. The van der Waals surface area contributed by atoms with E-state index in [-0.39, 0.29) is 18.9 Å². The van der Waals surface area contributed by atoms with Crippen molar-refractivity contribution in [3.05, 3.63) is 41.5 Å². The molecule has 1 aliphatic heterocycles. The lowest BCUT2D eigenvalue weighted by Gasteiger charge is -2.34. The van der Waals surface area contributed by atoms with Crippen LogP contribution in [0.4, 0.5) is 13.2 Å². The third-order valence-corrected chi connectivity index (χ3v) is 3.93. The van der Waals surface area contributed by atoms with E-state index < -0.39 is 12.1 Å². The summed E-state index contributed by atoms with van der Waals surface area (Å²) < 4.78 is 38.5. The van der Waals surface area contributed by atoms with E-state index in [0.29, 0.717) is 24.1 Å². The lowest BCUT2D eigenvalue weighted by atomic mass is 9.95. The molecule has 1 amide bonds. The molecule has 1 saturated heterocycles. The van der Waals surface area contributed by atoms with Gasteiger partial charge in [0.1, 0.15) is 0 Å². The zero-order valence-electron chi connectivity index (χ0n) is 11.9. The highest BCUT2D eigenvalue weighted by Gasteiger charge is 2.42. The van der Waals surface area contributed by atoms with Gasteiger partial charge >= 0.3 is 6.18 Å². The Kier molecular flexibility index (Phi) is 4.40. The molecule has 0 aliphatic carbocycles. The maximum atomic E-state index is 12.8. The molecule has 1 atom stereocenters. The van der Waals surface area contributed by atoms with Crippen LogP contribution in [0.2, 0.25) is 0 Å². The number of nitrogens with zero attached hydrogens (tertiary/aromatic N) is 1. The summed E-state index contributed by atoms with van der Waals surface area (Å²) >= 11 is 0. The Morgan fingerprint density at radius 3 is 2.76 bits per heavy atom. The number of hydrogen-bond acceptors (Lipinski definition) is 1. The van der Waals surface area contributed by atoms with E-state index >= 15 is 0 Å². The van der Waals surface area contributed by atoms with E-state index in [1.165, 1.54) is 4.90 Å². The summed E-state index contributed by atoms with van der Waals surface area (Å²) in [5.74, 6) is -1.77. The fourth-order valence-corrected chi connectivity index (χ4v) is 2.74. The van der Waals surface area contributed by atoms with Gasteiger partial charge in [-0.1, -0.05) is 24.8 Å². The minimum Gasteiger partial charge on any atom is -0.338 e. The van der Waals surface area contributed by atoms with Gasteiger partial charge in [-0.05, 0) is 37.0 Å². The molecule has 1 aromatic rings. The summed E-state index contributed by atoms with van der Waals surface area (Å²) in [6.45, 7) is 5.65. The molecule has 1 unspecified atom stereocenters. The highest BCUT2D eigenvalue weighted by molar-refractivity contribution is 5.98. The van der Waals surface area contributed by atoms with Crippen molar-refractivity contribution in [1.29, 1.82) is 0 Å². The molecule has 2 rings (SSSR count). The lowest BCUT2D eigenvalue weighted by molar-refractivity contribution is -0.184. The largest absolute Gasteiger partial charge is 0.393 e. The average Bonchev–Trinajstić information content (AvgIpc) is 2.45. The van der Waals surface area contributed by atoms with Gasteiger partial charge in [-0.15, -0.1) is 0 Å². The van der Waals surface area contributed by atoms with Crippen LogP contribution >= 0.6 is 0 Å². The zero-order valence-corrected chi connectivity index (χ0v) is 11.9. The van der Waals surface area contributed by atoms with Gasteiger partial charge in [-0.25, -0.2) is 0 Å². The highest BCUT2D eigenvalue weighted by Crippen LogP contribution is 2.33. The minimum atomic E-state index is -4.24. The van der Waals surface area contributed by atoms with Crippen molar-refractivity contribution in [3.8, 4) is 0 Å². The fraction of sp³-hybridized carbons (Fsp3) is 0.438. The Labute approximate surface area is 122 Å². The zero-order chi connectivity index (χ0) is 15.6. The van der Waals surface area contributed by atoms with Crippen LogP contribution in [0.15, 0.2) is 24.8 Å². The number of amides is 1. The van der Waals surface area contributed by atoms with Gasteiger partial charge in [0.25, 0.3) is 5.91 Å². The molecular weight excluding hydrogens is 279 g/mol. The van der Waals surface area contributed by atoms with Crippen molar-refractivity contribution in [3.63, 3.8) is 0 Å². The Morgan fingerprint density at radius 2 is 2.14 bits per heavy atom. The molecule has 1 aliphatic rings. The van der Waals surface area contributed by atoms with Crippen LogP contribution < -0.4 is 0 Å². The number of carbonyl (C=O) groups excluding carboxylic acids is 1. The van der Waals surface area contributed by atoms with Gasteiger partial charge in [0.05, 0.1) is 5.92 Å². The van der Waals surface area contributed by atoms with Gasteiger partial charge in [0, 0.05) is 18.7 Å². The first-order chi connectivity index (χ1) is 9.84. The normalized spacial score (nSPS) is 19.4. The Hall–Kier alpha value is -1.78. The van der Waals surface area contributed by atoms with E-state index in [9.17, 15) is 18.0 Å². The molecule has 1 aromatic carbocycles. The van der Waals surface area contributed by atoms with Gasteiger partial charge < -0.3 is 4.90 Å². The van der Waals surface area contributed by atoms with Crippen LogP contribution in [-0.4, -0.2) is 30.1 Å². The molecule has 0 N–H and O–H groups in total. The predicted molar refractivity (Wildman–Crippen MR) is 76.0 cm³/mol. The van der Waals surface area contributed by atoms with Crippen LogP contribution in [0.5, 0.6) is 0 Å². The summed E-state index contributed by atoms with van der Waals surface area (Å²) in [7, 11) is 0. The van der Waals surface area contributed by atoms with Crippen LogP contribution in [0.3, 0.4) is 0 Å². The number of carbonyl (C=O) groups is 1. The summed E-state index contributed by atoms with van der Waals surface area (Å²) in [4.78, 5) is 13.8. The Bertz CT molecular complexity index is 551. The summed E-state index contributed by atoms with van der Waals surface area (Å²) in [5.41, 5.74) is 2.00. The summed E-state index contributed by atoms with van der Waals surface area (Å²) in [6, 6.07) is 5.23. The quantitative estimate of drug-likeness (QED) is 0.806. The maximum Gasteiger partial charge on any atom is 0.393 e. The summed E-state index contributed by atoms with van der Waals surface area (Å²) in [5, 5.41) is 0. The molecule has 21 heavy (non-hydrogen) atoms. The lowest BCUT2D eigenvalue weighted by Crippen LogP contribution is -2.44. The number of aryl methyl sites for hydroxylation is 1. The van der Waals surface area contributed by atoms with Crippen LogP contribution in [-0.2, 0) is 0 Å². The van der Waals surface area contributed by atoms with Crippen molar-refractivity contribution in [2.24, 2.45) is 5.92 Å². The minimum absolute atomic E-state index is 0.0927. The van der Waals surface area contributed by atoms with Gasteiger partial charge in [0.15, 0.2) is 0 Å². The number of likely N-dealkylation sites (tertiary alicyclic amines) is 1. The van der Waals surface area contributed by atoms with Crippen LogP contribution in [0.1, 0.15) is 34.3 Å². The van der Waals surface area contributed by atoms with Crippen LogP contribution in [0, 0.1) is 12.8 Å². The van der Waals surface area contributed by atoms with E-state index in [2.05, 4.69) is 6.58 Å². The fourth-order valence-electron chi connectivity index (χ4n) is 2.74. The molecule has 2 nitrogen and oxygen atoms in total. The molecular formula is C16H18F3NO. The third kappa shape index (κ3) is 3.28. The molecule has 1 fully saturated rings. The Morgan fingerprint density at radius 1 is 1.43 bits per heavy atom. The first-order valence-electron chi connectivity index (χ1n) is 6.92. The first kappa shape index (κ1) is 15.6. The average molecular weight is 297 g/mol. The van der Waals surface area contributed by atoms with E-state index in [0.717, 1.165) is 5.56 Å². The number of benzene rings is 1. The number of alkyl halides is 3. The topological polar surface area (TPSA) is 20.3 Å². The second-order valence-electron chi connectivity index (χ2n) is 5.37. The monoisotopic (exact) mass is 297 g/mol. The highest BCUT2D eigenvalue weighted by atomic mass is 19.4. The van der Waals surface area contributed by atoms with Gasteiger partial charge in [0.2, 0.25) is 0 Å². The maximum absolute atomic E-state index is 12.8. The molecule has 114 valence electrons. The van der Waals surface area contributed by atoms with Crippen molar-refractivity contribution < 1.29 is 18.0 Å². The Balaban J connectivity index is 2.24. The summed E-state index contributed by atoms with van der Waals surface area (Å²) in [6.07, 6.45) is -2.19. The predicted octanol–water partition coefficient (Wildman–Crippen LogP) is 4.05. The molecule has 0 saturated carbocycles. The number of rotatable bonds is 2. The number of halogens is 3. The smallest absolute Gasteiger partial charge is 0.338 e. The molecule has 1 heterocycles. The van der Waals surface area contributed by atoms with E-state index in [1.807, 2.05) is 13.0 Å². The molecule has 0 aromatic heterocycles. The number of hydrogen-bond donors (Lipinski definition) is 0. The standard InChI is InChI=1S/C16H18F3NO/c1-3-13-11(2)6-4-8-14(13)15(21)20-9-5-7-12(10-20)16(17,18)19/h3-4,6,8,12H,1,5,7,9-10H2,2H3. The number of piperidine rings is 1.